The van der Waals surface area contributed by atoms with Gasteiger partial charge in [0.15, 0.2) is 5.16 Å². The van der Waals surface area contributed by atoms with Crippen LogP contribution in [-0.2, 0) is 4.79 Å². The molecule has 2 atom stereocenters. The van der Waals surface area contributed by atoms with E-state index in [0.29, 0.717) is 0 Å². The van der Waals surface area contributed by atoms with Crippen molar-refractivity contribution < 1.29 is 4.79 Å². The second-order valence-corrected chi connectivity index (χ2v) is 8.39. The number of thioether (sulfide) groups is 1. The second-order valence-electron chi connectivity index (χ2n) is 6.07. The Balaban J connectivity index is 1.52. The molecule has 0 saturated heterocycles. The number of hydrogen-bond acceptors (Lipinski definition) is 5. The quantitative estimate of drug-likeness (QED) is 0.523. The molecule has 4 rings (SSSR count). The van der Waals surface area contributed by atoms with Crippen LogP contribution in [0.15, 0.2) is 59.8 Å². The number of rotatable bonds is 5. The fourth-order valence-corrected chi connectivity index (χ4v) is 4.69. The SMILES string of the molecule is CC(Sc1nnc2sc3ccccc3n12)C(=O)NC(C)c1ccccc1. The molecule has 0 aliphatic rings. The van der Waals surface area contributed by atoms with Gasteiger partial charge in [0.1, 0.15) is 0 Å². The van der Waals surface area contributed by atoms with Crippen LogP contribution in [0.2, 0.25) is 0 Å². The molecule has 0 radical (unpaired) electrons. The van der Waals surface area contributed by atoms with Crippen LogP contribution in [-0.4, -0.2) is 25.8 Å². The van der Waals surface area contributed by atoms with Crippen molar-refractivity contribution in [1.29, 1.82) is 0 Å². The number of nitrogens with one attached hydrogen (secondary N) is 1. The summed E-state index contributed by atoms with van der Waals surface area (Å²) in [5.41, 5.74) is 2.16. The van der Waals surface area contributed by atoms with Gasteiger partial charge in [-0.05, 0) is 31.5 Å². The summed E-state index contributed by atoms with van der Waals surface area (Å²) in [5, 5.41) is 12.1. The standard InChI is InChI=1S/C19H18N4OS2/c1-12(14-8-4-3-5-9-14)20-17(24)13(2)25-18-21-22-19-23(18)15-10-6-7-11-16(15)26-19/h3-13H,1-2H3,(H,20,24). The molecule has 26 heavy (non-hydrogen) atoms. The van der Waals surface area contributed by atoms with E-state index in [1.807, 2.05) is 60.7 Å². The van der Waals surface area contributed by atoms with Crippen LogP contribution in [0.1, 0.15) is 25.5 Å². The predicted molar refractivity (Wildman–Crippen MR) is 107 cm³/mol. The summed E-state index contributed by atoms with van der Waals surface area (Å²) in [4.78, 5) is 13.5. The van der Waals surface area contributed by atoms with Crippen LogP contribution in [0.4, 0.5) is 0 Å². The first-order valence-electron chi connectivity index (χ1n) is 8.38. The molecule has 2 unspecified atom stereocenters. The van der Waals surface area contributed by atoms with E-state index in [-0.39, 0.29) is 17.2 Å². The maximum absolute atomic E-state index is 12.6. The lowest BCUT2D eigenvalue weighted by Crippen LogP contribution is -2.33. The van der Waals surface area contributed by atoms with Crippen molar-refractivity contribution in [2.45, 2.75) is 30.3 Å². The number of carbonyl (C=O) groups excluding carboxylic acids is 1. The minimum absolute atomic E-state index is 0.0114. The van der Waals surface area contributed by atoms with E-state index in [1.165, 1.54) is 11.8 Å². The van der Waals surface area contributed by atoms with Crippen LogP contribution >= 0.6 is 23.1 Å². The zero-order valence-corrected chi connectivity index (χ0v) is 16.1. The number of para-hydroxylation sites is 1. The van der Waals surface area contributed by atoms with Gasteiger partial charge in [-0.1, -0.05) is 65.6 Å². The van der Waals surface area contributed by atoms with E-state index >= 15 is 0 Å². The van der Waals surface area contributed by atoms with Gasteiger partial charge in [-0.3, -0.25) is 9.20 Å². The minimum atomic E-state index is -0.271. The van der Waals surface area contributed by atoms with Crippen molar-refractivity contribution in [3.8, 4) is 0 Å². The molecule has 0 fully saturated rings. The van der Waals surface area contributed by atoms with Crippen LogP contribution in [0.25, 0.3) is 15.2 Å². The highest BCUT2D eigenvalue weighted by Gasteiger charge is 2.21. The number of amides is 1. The van der Waals surface area contributed by atoms with E-state index in [2.05, 4.69) is 27.6 Å². The molecule has 4 aromatic rings. The highest BCUT2D eigenvalue weighted by atomic mass is 32.2. The summed E-state index contributed by atoms with van der Waals surface area (Å²) in [6.07, 6.45) is 0. The maximum Gasteiger partial charge on any atom is 0.233 e. The molecule has 2 aromatic carbocycles. The Morgan fingerprint density at radius 1 is 1.08 bits per heavy atom. The lowest BCUT2D eigenvalue weighted by atomic mass is 10.1. The van der Waals surface area contributed by atoms with Crippen molar-refractivity contribution in [3.63, 3.8) is 0 Å². The van der Waals surface area contributed by atoms with Crippen molar-refractivity contribution >= 4 is 44.2 Å². The van der Waals surface area contributed by atoms with Gasteiger partial charge in [0.25, 0.3) is 0 Å². The summed E-state index contributed by atoms with van der Waals surface area (Å²) in [7, 11) is 0. The summed E-state index contributed by atoms with van der Waals surface area (Å²) in [6.45, 7) is 3.89. The second kappa shape index (κ2) is 7.09. The normalized spacial score (nSPS) is 13.8. The Labute approximate surface area is 159 Å². The van der Waals surface area contributed by atoms with Crippen LogP contribution in [0.5, 0.6) is 0 Å². The number of fused-ring (bicyclic) bond motifs is 3. The lowest BCUT2D eigenvalue weighted by Gasteiger charge is -2.17. The third-order valence-corrected chi connectivity index (χ3v) is 6.28. The molecule has 5 nitrogen and oxygen atoms in total. The molecular weight excluding hydrogens is 364 g/mol. The van der Waals surface area contributed by atoms with Gasteiger partial charge < -0.3 is 5.32 Å². The first-order valence-corrected chi connectivity index (χ1v) is 10.1. The van der Waals surface area contributed by atoms with Gasteiger partial charge in [-0.25, -0.2) is 0 Å². The molecular formula is C19H18N4OS2. The summed E-state index contributed by atoms with van der Waals surface area (Å²) < 4.78 is 3.18. The van der Waals surface area contributed by atoms with Gasteiger partial charge >= 0.3 is 0 Å². The number of nitrogens with zero attached hydrogens (tertiary/aromatic N) is 3. The molecule has 0 spiro atoms. The highest BCUT2D eigenvalue weighted by Crippen LogP contribution is 2.31. The Bertz CT molecular complexity index is 1060. The zero-order valence-electron chi connectivity index (χ0n) is 14.4. The fraction of sp³-hybridized carbons (Fsp3) is 0.211. The Hall–Kier alpha value is -2.38. The molecule has 132 valence electrons. The van der Waals surface area contributed by atoms with Crippen molar-refractivity contribution in [2.24, 2.45) is 0 Å². The Morgan fingerprint density at radius 2 is 1.81 bits per heavy atom. The molecule has 2 heterocycles. The van der Waals surface area contributed by atoms with Crippen LogP contribution in [0, 0.1) is 0 Å². The van der Waals surface area contributed by atoms with Gasteiger partial charge in [0.05, 0.1) is 21.5 Å². The average Bonchev–Trinajstić information content (AvgIpc) is 3.22. The Kier molecular flexibility index (Phi) is 4.65. The molecule has 1 amide bonds. The number of aromatic nitrogens is 3. The van der Waals surface area contributed by atoms with Gasteiger partial charge in [0.2, 0.25) is 10.9 Å². The Morgan fingerprint density at radius 3 is 2.62 bits per heavy atom. The number of benzene rings is 2. The average molecular weight is 383 g/mol. The van der Waals surface area contributed by atoms with Crippen LogP contribution in [0.3, 0.4) is 0 Å². The first-order chi connectivity index (χ1) is 12.6. The predicted octanol–water partition coefficient (Wildman–Crippen LogP) is 4.30. The largest absolute Gasteiger partial charge is 0.349 e. The van der Waals surface area contributed by atoms with E-state index in [1.54, 1.807) is 11.3 Å². The smallest absolute Gasteiger partial charge is 0.233 e. The first kappa shape index (κ1) is 17.1. The third-order valence-electron chi connectivity index (χ3n) is 4.22. The van der Waals surface area contributed by atoms with E-state index < -0.39 is 0 Å². The monoisotopic (exact) mass is 382 g/mol. The number of thiazole rings is 1. The topological polar surface area (TPSA) is 59.3 Å². The third kappa shape index (κ3) is 3.20. The van der Waals surface area contributed by atoms with E-state index in [4.69, 9.17) is 0 Å². The van der Waals surface area contributed by atoms with Gasteiger partial charge in [-0.2, -0.15) is 0 Å². The van der Waals surface area contributed by atoms with Crippen molar-refractivity contribution in [3.05, 3.63) is 60.2 Å². The highest BCUT2D eigenvalue weighted by molar-refractivity contribution is 8.00. The summed E-state index contributed by atoms with van der Waals surface area (Å²) in [5.74, 6) is -0.0114. The fourth-order valence-electron chi connectivity index (χ4n) is 2.80. The lowest BCUT2D eigenvalue weighted by molar-refractivity contribution is -0.120. The maximum atomic E-state index is 12.6. The molecule has 0 saturated carbocycles. The zero-order chi connectivity index (χ0) is 18.1. The summed E-state index contributed by atoms with van der Waals surface area (Å²) in [6, 6.07) is 18.1. The van der Waals surface area contributed by atoms with Gasteiger partial charge in [-0.15, -0.1) is 10.2 Å². The van der Waals surface area contributed by atoms with Gasteiger partial charge in [0, 0.05) is 0 Å². The molecule has 2 aromatic heterocycles. The molecule has 0 aliphatic carbocycles. The van der Waals surface area contributed by atoms with E-state index in [9.17, 15) is 4.79 Å². The molecule has 0 bridgehead atoms. The minimum Gasteiger partial charge on any atom is -0.349 e. The van der Waals surface area contributed by atoms with Crippen molar-refractivity contribution in [2.75, 3.05) is 0 Å². The van der Waals surface area contributed by atoms with Crippen molar-refractivity contribution in [1.82, 2.24) is 19.9 Å². The van der Waals surface area contributed by atoms with Crippen LogP contribution < -0.4 is 5.32 Å². The number of carbonyl (C=O) groups is 1. The van der Waals surface area contributed by atoms with E-state index in [0.717, 1.165) is 25.9 Å². The molecule has 0 aliphatic heterocycles. The molecule has 1 N–H and O–H groups in total. The summed E-state index contributed by atoms with van der Waals surface area (Å²) >= 11 is 3.03. The number of hydrogen-bond donors (Lipinski definition) is 1. The molecule has 7 heteroatoms.